The maximum absolute atomic E-state index is 12.8. The molecule has 13 heteroatoms. The third-order valence-corrected chi connectivity index (χ3v) is 8.05. The number of amides is 1. The highest BCUT2D eigenvalue weighted by Gasteiger charge is 2.26. The number of thioether (sulfide) groups is 1. The number of non-ortho nitro benzene ring substituents is 1. The fourth-order valence-corrected chi connectivity index (χ4v) is 5.83. The predicted octanol–water partition coefficient (Wildman–Crippen LogP) is 5.64. The molecule has 0 bridgehead atoms. The minimum absolute atomic E-state index is 0.00245. The van der Waals surface area contributed by atoms with E-state index in [0.717, 1.165) is 17.3 Å². The van der Waals surface area contributed by atoms with Crippen LogP contribution in [0.2, 0.25) is 0 Å². The Kier molecular flexibility index (Phi) is 7.90. The number of nitro groups is 1. The van der Waals surface area contributed by atoms with Crippen molar-refractivity contribution in [2.24, 2.45) is 4.99 Å². The van der Waals surface area contributed by atoms with E-state index < -0.39 is 15.0 Å². The molecule has 1 saturated heterocycles. The van der Waals surface area contributed by atoms with Gasteiger partial charge in [-0.2, -0.15) is 8.42 Å². The SMILES string of the molecule is COc1cc(/C=C2/SC(=Nc3ccc([N+](=O)[O-])cc3C)NC2=O)cc(Br)c1OS(=O)(=O)c1ccc(C)cc1. The first-order valence-corrected chi connectivity index (χ1v) is 13.9. The van der Waals surface area contributed by atoms with Crippen molar-refractivity contribution < 1.29 is 27.1 Å². The molecule has 1 aliphatic heterocycles. The van der Waals surface area contributed by atoms with Gasteiger partial charge in [0.05, 0.1) is 27.1 Å². The summed E-state index contributed by atoms with van der Waals surface area (Å²) in [6, 6.07) is 13.7. The first-order valence-electron chi connectivity index (χ1n) is 10.9. The quantitative estimate of drug-likeness (QED) is 0.155. The lowest BCUT2D eigenvalue weighted by Crippen LogP contribution is -2.19. The maximum atomic E-state index is 12.8. The number of amidine groups is 1. The van der Waals surface area contributed by atoms with Gasteiger partial charge in [0, 0.05) is 12.1 Å². The van der Waals surface area contributed by atoms with E-state index in [1.54, 1.807) is 37.3 Å². The molecule has 10 nitrogen and oxygen atoms in total. The number of nitrogens with zero attached hydrogens (tertiary/aromatic N) is 2. The molecule has 196 valence electrons. The summed E-state index contributed by atoms with van der Waals surface area (Å²) in [5.41, 5.74) is 2.47. The molecule has 1 fully saturated rings. The van der Waals surface area contributed by atoms with Crippen molar-refractivity contribution in [2.75, 3.05) is 7.11 Å². The highest BCUT2D eigenvalue weighted by atomic mass is 79.9. The zero-order valence-corrected chi connectivity index (χ0v) is 23.4. The van der Waals surface area contributed by atoms with Gasteiger partial charge in [0.2, 0.25) is 0 Å². The number of aryl methyl sites for hydroxylation is 2. The molecule has 0 radical (unpaired) electrons. The van der Waals surface area contributed by atoms with Crippen LogP contribution in [0.1, 0.15) is 16.7 Å². The van der Waals surface area contributed by atoms with Crippen molar-refractivity contribution in [3.63, 3.8) is 0 Å². The molecule has 0 unspecified atom stereocenters. The van der Waals surface area contributed by atoms with Gasteiger partial charge >= 0.3 is 10.1 Å². The van der Waals surface area contributed by atoms with Crippen molar-refractivity contribution in [3.8, 4) is 11.5 Å². The molecule has 1 amide bonds. The zero-order valence-electron chi connectivity index (χ0n) is 20.2. The molecule has 38 heavy (non-hydrogen) atoms. The van der Waals surface area contributed by atoms with Gasteiger partial charge in [0.15, 0.2) is 16.7 Å². The molecule has 1 heterocycles. The number of methoxy groups -OCH3 is 1. The van der Waals surface area contributed by atoms with Crippen LogP contribution in [-0.4, -0.2) is 31.5 Å². The number of benzene rings is 3. The van der Waals surface area contributed by atoms with E-state index >= 15 is 0 Å². The van der Waals surface area contributed by atoms with Gasteiger partial charge in [-0.1, -0.05) is 17.7 Å². The molecule has 0 spiro atoms. The molecule has 3 aromatic carbocycles. The fourth-order valence-electron chi connectivity index (χ4n) is 3.39. The van der Waals surface area contributed by atoms with Gasteiger partial charge in [-0.05, 0) is 89.1 Å². The highest BCUT2D eigenvalue weighted by molar-refractivity contribution is 9.10. The van der Waals surface area contributed by atoms with Crippen molar-refractivity contribution in [2.45, 2.75) is 18.7 Å². The molecule has 1 aliphatic rings. The average molecular weight is 618 g/mol. The Labute approximate surface area is 231 Å². The summed E-state index contributed by atoms with van der Waals surface area (Å²) in [5, 5.41) is 13.9. The first kappa shape index (κ1) is 27.4. The van der Waals surface area contributed by atoms with E-state index in [2.05, 4.69) is 26.2 Å². The average Bonchev–Trinajstić information content (AvgIpc) is 3.20. The summed E-state index contributed by atoms with van der Waals surface area (Å²) in [5.74, 6) is -0.277. The molecule has 0 aliphatic carbocycles. The predicted molar refractivity (Wildman–Crippen MR) is 148 cm³/mol. The third-order valence-electron chi connectivity index (χ3n) is 5.32. The normalized spacial score (nSPS) is 15.5. The second kappa shape index (κ2) is 11.0. The summed E-state index contributed by atoms with van der Waals surface area (Å²) in [6.07, 6.45) is 1.59. The lowest BCUT2D eigenvalue weighted by Gasteiger charge is -2.13. The molecular formula is C25H20BrN3O7S2. The van der Waals surface area contributed by atoms with Gasteiger partial charge in [-0.25, -0.2) is 4.99 Å². The second-order valence-electron chi connectivity index (χ2n) is 8.09. The monoisotopic (exact) mass is 617 g/mol. The Hall–Kier alpha value is -3.68. The van der Waals surface area contributed by atoms with E-state index in [-0.39, 0.29) is 28.0 Å². The highest BCUT2D eigenvalue weighted by Crippen LogP contribution is 2.40. The molecule has 0 aromatic heterocycles. The van der Waals surface area contributed by atoms with Crippen LogP contribution in [0.4, 0.5) is 11.4 Å². The summed E-state index contributed by atoms with van der Waals surface area (Å²) in [6.45, 7) is 3.54. The number of carbonyl (C=O) groups is 1. The van der Waals surface area contributed by atoms with E-state index in [1.165, 1.54) is 37.4 Å². The van der Waals surface area contributed by atoms with Crippen LogP contribution in [-0.2, 0) is 14.9 Å². The van der Waals surface area contributed by atoms with Gasteiger partial charge in [-0.15, -0.1) is 0 Å². The molecular weight excluding hydrogens is 598 g/mol. The Morgan fingerprint density at radius 3 is 2.45 bits per heavy atom. The van der Waals surface area contributed by atoms with Crippen LogP contribution in [0.15, 0.2) is 73.9 Å². The van der Waals surface area contributed by atoms with Crippen LogP contribution in [0, 0.1) is 24.0 Å². The number of hydrogen-bond acceptors (Lipinski definition) is 9. The minimum Gasteiger partial charge on any atom is -0.493 e. The number of halogens is 1. The number of nitrogens with one attached hydrogen (secondary N) is 1. The van der Waals surface area contributed by atoms with Gasteiger partial charge in [0.1, 0.15) is 4.90 Å². The number of aliphatic imine (C=N–C) groups is 1. The fraction of sp³-hybridized carbons (Fsp3) is 0.120. The summed E-state index contributed by atoms with van der Waals surface area (Å²) < 4.78 is 36.6. The maximum Gasteiger partial charge on any atom is 0.339 e. The Morgan fingerprint density at radius 1 is 1.11 bits per heavy atom. The van der Waals surface area contributed by atoms with E-state index in [0.29, 0.717) is 31.4 Å². The standard InChI is InChI=1S/C25H20BrN3O7S2/c1-14-4-7-18(8-5-14)38(33,34)36-23-19(26)11-16(12-21(23)35-3)13-22-24(30)28-25(37-22)27-20-9-6-17(29(31)32)10-15(20)2/h4-13H,1-3H3,(H,27,28,30)/b22-13+. The topological polar surface area (TPSA) is 137 Å². The zero-order chi connectivity index (χ0) is 27.6. The summed E-state index contributed by atoms with van der Waals surface area (Å²) in [4.78, 5) is 27.8. The van der Waals surface area contributed by atoms with Crippen LogP contribution >= 0.6 is 27.7 Å². The van der Waals surface area contributed by atoms with E-state index in [1.807, 2.05) is 6.92 Å². The largest absolute Gasteiger partial charge is 0.493 e. The molecule has 0 atom stereocenters. The third kappa shape index (κ3) is 6.06. The van der Waals surface area contributed by atoms with Crippen molar-refractivity contribution in [1.29, 1.82) is 0 Å². The first-order chi connectivity index (χ1) is 18.0. The van der Waals surface area contributed by atoms with Crippen LogP contribution < -0.4 is 14.2 Å². The van der Waals surface area contributed by atoms with Crippen LogP contribution in [0.3, 0.4) is 0 Å². The molecule has 1 N–H and O–H groups in total. The van der Waals surface area contributed by atoms with Gasteiger partial charge < -0.3 is 14.2 Å². The van der Waals surface area contributed by atoms with Crippen molar-refractivity contribution in [1.82, 2.24) is 5.32 Å². The minimum atomic E-state index is -4.12. The van der Waals surface area contributed by atoms with Gasteiger partial charge in [0.25, 0.3) is 11.6 Å². The lowest BCUT2D eigenvalue weighted by atomic mass is 10.2. The summed E-state index contributed by atoms with van der Waals surface area (Å²) >= 11 is 4.44. The van der Waals surface area contributed by atoms with E-state index in [9.17, 15) is 23.3 Å². The van der Waals surface area contributed by atoms with E-state index in [4.69, 9.17) is 8.92 Å². The smallest absolute Gasteiger partial charge is 0.339 e. The summed E-state index contributed by atoms with van der Waals surface area (Å²) in [7, 11) is -2.75. The van der Waals surface area contributed by atoms with Crippen molar-refractivity contribution in [3.05, 3.63) is 90.8 Å². The number of hydrogen-bond donors (Lipinski definition) is 1. The van der Waals surface area contributed by atoms with Gasteiger partial charge in [-0.3, -0.25) is 14.9 Å². The molecule has 3 aromatic rings. The number of rotatable bonds is 7. The molecule has 0 saturated carbocycles. The Balaban J connectivity index is 1.59. The number of carbonyl (C=O) groups excluding carboxylic acids is 1. The second-order valence-corrected chi connectivity index (χ2v) is 11.5. The number of nitro benzene ring substituents is 1. The lowest BCUT2D eigenvalue weighted by molar-refractivity contribution is -0.384. The van der Waals surface area contributed by atoms with Crippen LogP contribution in [0.25, 0.3) is 6.08 Å². The van der Waals surface area contributed by atoms with Crippen molar-refractivity contribution >= 4 is 66.3 Å². The Bertz CT molecular complexity index is 1620. The molecule has 4 rings (SSSR count). The number of ether oxygens (including phenoxy) is 1. The Morgan fingerprint density at radius 2 is 1.82 bits per heavy atom. The van der Waals surface area contributed by atoms with Crippen LogP contribution in [0.5, 0.6) is 11.5 Å².